The van der Waals surface area contributed by atoms with Gasteiger partial charge in [0.25, 0.3) is 0 Å². The molecule has 0 spiro atoms. The first kappa shape index (κ1) is 12.2. The molecular weight excluding hydrogens is 254 g/mol. The van der Waals surface area contributed by atoms with Crippen LogP contribution >= 0.6 is 0 Å². The van der Waals surface area contributed by atoms with Crippen LogP contribution in [0.2, 0.25) is 0 Å². The molecular formula is C20H17N. The van der Waals surface area contributed by atoms with Gasteiger partial charge in [0.2, 0.25) is 0 Å². The summed E-state index contributed by atoms with van der Waals surface area (Å²) >= 11 is 0. The summed E-state index contributed by atoms with van der Waals surface area (Å²) in [5, 5.41) is 2.64. The summed E-state index contributed by atoms with van der Waals surface area (Å²) in [6.45, 7) is 4.30. The number of fused-ring (bicyclic) bond motifs is 3. The third-order valence-electron chi connectivity index (χ3n) is 4.09. The standard InChI is InChI=1S/C20H17N/c1-14-8-10-17-18-11-9-15(2)13-20(18)21(19(17)12-14)16-6-4-3-5-7-16/h3-13H,1-2H3. The van der Waals surface area contributed by atoms with E-state index in [4.69, 9.17) is 0 Å². The van der Waals surface area contributed by atoms with E-state index in [0.29, 0.717) is 0 Å². The predicted molar refractivity (Wildman–Crippen MR) is 90.3 cm³/mol. The Hall–Kier alpha value is -2.54. The van der Waals surface area contributed by atoms with Crippen molar-refractivity contribution in [2.24, 2.45) is 0 Å². The zero-order chi connectivity index (χ0) is 14.4. The maximum atomic E-state index is 2.37. The maximum Gasteiger partial charge on any atom is 0.0543 e. The van der Waals surface area contributed by atoms with Gasteiger partial charge in [-0.2, -0.15) is 0 Å². The quantitative estimate of drug-likeness (QED) is 0.437. The number of rotatable bonds is 1. The van der Waals surface area contributed by atoms with Crippen LogP contribution in [0.15, 0.2) is 66.7 Å². The molecule has 0 aliphatic carbocycles. The Labute approximate surface area is 124 Å². The molecule has 0 fully saturated rings. The first-order chi connectivity index (χ1) is 10.2. The molecule has 0 N–H and O–H groups in total. The SMILES string of the molecule is Cc1ccc2c3ccc(C)cc3n(-c3ccccc3)c2c1. The van der Waals surface area contributed by atoms with Crippen LogP contribution in [0.3, 0.4) is 0 Å². The molecule has 0 unspecified atom stereocenters. The van der Waals surface area contributed by atoms with Crippen LogP contribution in [0.1, 0.15) is 11.1 Å². The van der Waals surface area contributed by atoms with E-state index >= 15 is 0 Å². The normalized spacial score (nSPS) is 11.3. The first-order valence-electron chi connectivity index (χ1n) is 7.31. The Morgan fingerprint density at radius 2 is 1.14 bits per heavy atom. The number of hydrogen-bond acceptors (Lipinski definition) is 0. The van der Waals surface area contributed by atoms with Crippen LogP contribution < -0.4 is 0 Å². The first-order valence-corrected chi connectivity index (χ1v) is 7.31. The Morgan fingerprint density at radius 3 is 1.67 bits per heavy atom. The van der Waals surface area contributed by atoms with Crippen LogP contribution in [0.4, 0.5) is 0 Å². The molecule has 0 saturated carbocycles. The molecule has 1 heterocycles. The summed E-state index contributed by atoms with van der Waals surface area (Å²) in [6.07, 6.45) is 0. The minimum atomic E-state index is 1.22. The molecule has 21 heavy (non-hydrogen) atoms. The van der Waals surface area contributed by atoms with E-state index in [0.717, 1.165) is 0 Å². The number of para-hydroxylation sites is 1. The van der Waals surface area contributed by atoms with Crippen molar-refractivity contribution in [3.63, 3.8) is 0 Å². The minimum absolute atomic E-state index is 1.22. The highest BCUT2D eigenvalue weighted by Crippen LogP contribution is 2.32. The van der Waals surface area contributed by atoms with Gasteiger partial charge in [-0.1, -0.05) is 42.5 Å². The summed E-state index contributed by atoms with van der Waals surface area (Å²) < 4.78 is 2.37. The second kappa shape index (κ2) is 4.49. The second-order valence-corrected chi connectivity index (χ2v) is 5.71. The van der Waals surface area contributed by atoms with Crippen molar-refractivity contribution >= 4 is 21.8 Å². The molecule has 0 amide bonds. The van der Waals surface area contributed by atoms with Crippen LogP contribution in [0.5, 0.6) is 0 Å². The predicted octanol–water partition coefficient (Wildman–Crippen LogP) is 5.40. The minimum Gasteiger partial charge on any atom is -0.309 e. The van der Waals surface area contributed by atoms with Crippen molar-refractivity contribution in [2.75, 3.05) is 0 Å². The average molecular weight is 271 g/mol. The van der Waals surface area contributed by atoms with Crippen LogP contribution in [0, 0.1) is 13.8 Å². The third kappa shape index (κ3) is 1.85. The molecule has 4 rings (SSSR count). The van der Waals surface area contributed by atoms with Crippen LogP contribution in [0.25, 0.3) is 27.5 Å². The fourth-order valence-corrected chi connectivity index (χ4v) is 3.09. The third-order valence-corrected chi connectivity index (χ3v) is 4.09. The second-order valence-electron chi connectivity index (χ2n) is 5.71. The van der Waals surface area contributed by atoms with Crippen molar-refractivity contribution in [1.29, 1.82) is 0 Å². The molecule has 102 valence electrons. The Balaban J connectivity index is 2.24. The van der Waals surface area contributed by atoms with Crippen molar-refractivity contribution in [3.05, 3.63) is 77.9 Å². The van der Waals surface area contributed by atoms with Gasteiger partial charge in [-0.3, -0.25) is 0 Å². The lowest BCUT2D eigenvalue weighted by Crippen LogP contribution is -1.93. The zero-order valence-corrected chi connectivity index (χ0v) is 12.3. The van der Waals surface area contributed by atoms with E-state index < -0.39 is 0 Å². The molecule has 1 aromatic heterocycles. The topological polar surface area (TPSA) is 4.93 Å². The van der Waals surface area contributed by atoms with Crippen molar-refractivity contribution in [1.82, 2.24) is 4.57 Å². The van der Waals surface area contributed by atoms with Crippen LogP contribution in [-0.2, 0) is 0 Å². The zero-order valence-electron chi connectivity index (χ0n) is 12.3. The van der Waals surface area contributed by atoms with Crippen molar-refractivity contribution in [3.8, 4) is 5.69 Å². The van der Waals surface area contributed by atoms with Gasteiger partial charge >= 0.3 is 0 Å². The van der Waals surface area contributed by atoms with E-state index in [9.17, 15) is 0 Å². The van der Waals surface area contributed by atoms with Gasteiger partial charge in [-0.15, -0.1) is 0 Å². The number of benzene rings is 3. The van der Waals surface area contributed by atoms with Gasteiger partial charge in [0.15, 0.2) is 0 Å². The van der Waals surface area contributed by atoms with Gasteiger partial charge in [0.1, 0.15) is 0 Å². The number of nitrogens with zero attached hydrogens (tertiary/aromatic N) is 1. The van der Waals surface area contributed by atoms with Crippen molar-refractivity contribution < 1.29 is 0 Å². The molecule has 0 radical (unpaired) electrons. The summed E-state index contributed by atoms with van der Waals surface area (Å²) in [4.78, 5) is 0. The summed E-state index contributed by atoms with van der Waals surface area (Å²) in [5.41, 5.74) is 6.36. The van der Waals surface area contributed by atoms with Gasteiger partial charge in [-0.05, 0) is 49.2 Å². The van der Waals surface area contributed by atoms with Gasteiger partial charge < -0.3 is 4.57 Å². The van der Waals surface area contributed by atoms with E-state index in [1.807, 2.05) is 0 Å². The number of aromatic nitrogens is 1. The lowest BCUT2D eigenvalue weighted by Gasteiger charge is -2.08. The summed E-state index contributed by atoms with van der Waals surface area (Å²) in [6, 6.07) is 24.0. The highest BCUT2D eigenvalue weighted by molar-refractivity contribution is 6.09. The largest absolute Gasteiger partial charge is 0.309 e. The molecule has 0 aliphatic rings. The fraction of sp³-hybridized carbons (Fsp3) is 0.100. The van der Waals surface area contributed by atoms with E-state index in [1.165, 1.54) is 38.6 Å². The maximum absolute atomic E-state index is 2.37. The van der Waals surface area contributed by atoms with Gasteiger partial charge in [0.05, 0.1) is 11.0 Å². The van der Waals surface area contributed by atoms with E-state index in [-0.39, 0.29) is 0 Å². The fourth-order valence-electron chi connectivity index (χ4n) is 3.09. The lowest BCUT2D eigenvalue weighted by molar-refractivity contribution is 1.17. The van der Waals surface area contributed by atoms with Crippen molar-refractivity contribution in [2.45, 2.75) is 13.8 Å². The molecule has 4 aromatic rings. The molecule has 0 atom stereocenters. The highest BCUT2D eigenvalue weighted by atomic mass is 15.0. The number of aryl methyl sites for hydroxylation is 2. The van der Waals surface area contributed by atoms with Gasteiger partial charge in [-0.25, -0.2) is 0 Å². The molecule has 0 aliphatic heterocycles. The Kier molecular flexibility index (Phi) is 2.61. The molecule has 1 nitrogen and oxygen atoms in total. The summed E-state index contributed by atoms with van der Waals surface area (Å²) in [7, 11) is 0. The highest BCUT2D eigenvalue weighted by Gasteiger charge is 2.11. The van der Waals surface area contributed by atoms with Crippen LogP contribution in [-0.4, -0.2) is 4.57 Å². The lowest BCUT2D eigenvalue weighted by atomic mass is 10.1. The summed E-state index contributed by atoms with van der Waals surface area (Å²) in [5.74, 6) is 0. The monoisotopic (exact) mass is 271 g/mol. The average Bonchev–Trinajstić information content (AvgIpc) is 2.80. The Morgan fingerprint density at radius 1 is 0.619 bits per heavy atom. The van der Waals surface area contributed by atoms with E-state index in [1.54, 1.807) is 0 Å². The number of hydrogen-bond donors (Lipinski definition) is 0. The molecule has 3 aromatic carbocycles. The smallest absolute Gasteiger partial charge is 0.0543 e. The molecule has 1 heteroatoms. The van der Waals surface area contributed by atoms with Gasteiger partial charge in [0, 0.05) is 16.5 Å². The molecule has 0 saturated heterocycles. The molecule has 0 bridgehead atoms. The van der Waals surface area contributed by atoms with E-state index in [2.05, 4.69) is 85.1 Å². The Bertz CT molecular complexity index is 887.